The lowest BCUT2D eigenvalue weighted by atomic mass is 9.80. The zero-order valence-electron chi connectivity index (χ0n) is 20.0. The molecule has 1 aliphatic heterocycles. The van der Waals surface area contributed by atoms with Gasteiger partial charge in [-0.1, -0.05) is 59.1 Å². The number of Topliss-reactive ketones (excluding diaryl/α,β-unsaturated/α-hetero) is 1. The van der Waals surface area contributed by atoms with Gasteiger partial charge in [0.05, 0.1) is 33.7 Å². The maximum Gasteiger partial charge on any atom is 0.259 e. The van der Waals surface area contributed by atoms with Gasteiger partial charge in [-0.05, 0) is 66.6 Å². The van der Waals surface area contributed by atoms with E-state index in [0.29, 0.717) is 33.3 Å². The molecule has 3 aromatic carbocycles. The van der Waals surface area contributed by atoms with E-state index in [4.69, 9.17) is 39.2 Å². The minimum Gasteiger partial charge on any atom is -0.469 e. The van der Waals surface area contributed by atoms with E-state index in [1.165, 1.54) is 0 Å². The third-order valence-electron chi connectivity index (χ3n) is 7.01. The van der Waals surface area contributed by atoms with E-state index >= 15 is 0 Å². The maximum atomic E-state index is 14.3. The third kappa shape index (κ3) is 4.41. The molecule has 1 amide bonds. The molecule has 1 aliphatic carbocycles. The summed E-state index contributed by atoms with van der Waals surface area (Å²) in [4.78, 5) is 29.9. The van der Waals surface area contributed by atoms with Crippen LogP contribution in [0.5, 0.6) is 0 Å². The van der Waals surface area contributed by atoms with Crippen LogP contribution in [-0.2, 0) is 4.79 Å². The number of nitrogens with zero attached hydrogens (tertiary/aromatic N) is 1. The van der Waals surface area contributed by atoms with E-state index in [1.54, 1.807) is 41.5 Å². The van der Waals surface area contributed by atoms with Crippen molar-refractivity contribution in [1.29, 1.82) is 0 Å². The van der Waals surface area contributed by atoms with Crippen LogP contribution < -0.4 is 10.2 Å². The zero-order valence-corrected chi connectivity index (χ0v) is 22.2. The molecule has 38 heavy (non-hydrogen) atoms. The monoisotopic (exact) mass is 562 g/mol. The Labute approximate surface area is 234 Å². The van der Waals surface area contributed by atoms with E-state index < -0.39 is 6.04 Å². The Morgan fingerprint density at radius 3 is 2.42 bits per heavy atom. The SMILES string of the molecule is O=C1C[C@@H](c2ccco2)CC2=C1[C@@H](c1ccc(Cl)cc1)N(C(=O)c1ccc(Cl)c(Cl)c1)c1ccccc1N2. The number of allylic oxidation sites excluding steroid dienone is 1. The Bertz CT molecular complexity index is 1580. The number of halogens is 3. The Morgan fingerprint density at radius 2 is 1.68 bits per heavy atom. The van der Waals surface area contributed by atoms with Crippen molar-refractivity contribution in [2.45, 2.75) is 24.8 Å². The van der Waals surface area contributed by atoms with Crippen LogP contribution in [0.4, 0.5) is 11.4 Å². The average molecular weight is 564 g/mol. The van der Waals surface area contributed by atoms with Crippen LogP contribution in [0.2, 0.25) is 15.1 Å². The molecule has 5 nitrogen and oxygen atoms in total. The van der Waals surface area contributed by atoms with Crippen LogP contribution in [-0.4, -0.2) is 11.7 Å². The highest BCUT2D eigenvalue weighted by atomic mass is 35.5. The molecule has 2 atom stereocenters. The van der Waals surface area contributed by atoms with Gasteiger partial charge in [0.1, 0.15) is 5.76 Å². The number of amides is 1. The normalized spacial score (nSPS) is 18.9. The van der Waals surface area contributed by atoms with E-state index in [9.17, 15) is 9.59 Å². The number of carbonyl (C=O) groups is 2. The molecule has 1 aromatic heterocycles. The predicted octanol–water partition coefficient (Wildman–Crippen LogP) is 8.45. The molecule has 0 spiro atoms. The quantitative estimate of drug-likeness (QED) is 0.272. The third-order valence-corrected chi connectivity index (χ3v) is 8.00. The number of hydrogen-bond acceptors (Lipinski definition) is 4. The van der Waals surface area contributed by atoms with Crippen molar-refractivity contribution in [3.63, 3.8) is 0 Å². The highest BCUT2D eigenvalue weighted by molar-refractivity contribution is 6.42. The summed E-state index contributed by atoms with van der Waals surface area (Å²) in [6, 6.07) is 22.6. The number of ketones is 1. The largest absolute Gasteiger partial charge is 0.469 e. The number of rotatable bonds is 3. The molecule has 2 heterocycles. The van der Waals surface area contributed by atoms with Gasteiger partial charge in [-0.25, -0.2) is 0 Å². The van der Waals surface area contributed by atoms with Crippen molar-refractivity contribution in [1.82, 2.24) is 0 Å². The van der Waals surface area contributed by atoms with Crippen LogP contribution >= 0.6 is 34.8 Å². The fourth-order valence-electron chi connectivity index (χ4n) is 5.27. The predicted molar refractivity (Wildman–Crippen MR) is 150 cm³/mol. The first kappa shape index (κ1) is 24.8. The Balaban J connectivity index is 1.57. The van der Waals surface area contributed by atoms with Crippen LogP contribution in [0.1, 0.15) is 46.5 Å². The summed E-state index contributed by atoms with van der Waals surface area (Å²) < 4.78 is 5.66. The van der Waals surface area contributed by atoms with Crippen LogP contribution in [0.3, 0.4) is 0 Å². The second-order valence-electron chi connectivity index (χ2n) is 9.34. The summed E-state index contributed by atoms with van der Waals surface area (Å²) in [5, 5.41) is 4.69. The van der Waals surface area contributed by atoms with Crippen molar-refractivity contribution < 1.29 is 14.0 Å². The Morgan fingerprint density at radius 1 is 0.895 bits per heavy atom. The maximum absolute atomic E-state index is 14.3. The second kappa shape index (κ2) is 9.99. The average Bonchev–Trinajstić information content (AvgIpc) is 3.41. The summed E-state index contributed by atoms with van der Waals surface area (Å²) >= 11 is 18.7. The fraction of sp³-hybridized carbons (Fsp3) is 0.133. The fourth-order valence-corrected chi connectivity index (χ4v) is 5.69. The van der Waals surface area contributed by atoms with Crippen molar-refractivity contribution in [3.05, 3.63) is 128 Å². The van der Waals surface area contributed by atoms with Gasteiger partial charge < -0.3 is 9.73 Å². The molecule has 2 aliphatic rings. The molecule has 4 aromatic rings. The van der Waals surface area contributed by atoms with Gasteiger partial charge in [0, 0.05) is 34.2 Å². The molecule has 0 unspecified atom stereocenters. The highest BCUT2D eigenvalue weighted by Crippen LogP contribution is 2.48. The lowest BCUT2D eigenvalue weighted by Crippen LogP contribution is -2.38. The lowest BCUT2D eigenvalue weighted by Gasteiger charge is -2.35. The first-order valence-electron chi connectivity index (χ1n) is 12.1. The van der Waals surface area contributed by atoms with Gasteiger partial charge in [0.15, 0.2) is 5.78 Å². The first-order valence-corrected chi connectivity index (χ1v) is 13.2. The Hall–Kier alpha value is -3.51. The van der Waals surface area contributed by atoms with Gasteiger partial charge in [-0.3, -0.25) is 14.5 Å². The van der Waals surface area contributed by atoms with Gasteiger partial charge in [0.2, 0.25) is 0 Å². The summed E-state index contributed by atoms with van der Waals surface area (Å²) in [6.45, 7) is 0. The molecule has 8 heteroatoms. The highest BCUT2D eigenvalue weighted by Gasteiger charge is 2.42. The van der Waals surface area contributed by atoms with Gasteiger partial charge in [0.25, 0.3) is 5.91 Å². The van der Waals surface area contributed by atoms with Crippen molar-refractivity contribution in [3.8, 4) is 0 Å². The molecule has 0 saturated heterocycles. The van der Waals surface area contributed by atoms with Crippen LogP contribution in [0.15, 0.2) is 101 Å². The van der Waals surface area contributed by atoms with Crippen molar-refractivity contribution in [2.24, 2.45) is 0 Å². The standard InChI is InChI=1S/C30H21Cl3N2O3/c31-20-10-7-17(8-11-20)29-28-24(15-19(16-26(28)36)27-6-3-13-38-27)34-23-4-1-2-5-25(23)35(29)30(37)18-9-12-21(32)22(33)14-18/h1-14,19,29,34H,15-16H2/t19-,29+/m0/s1. The number of hydrogen-bond donors (Lipinski definition) is 1. The number of benzene rings is 3. The second-order valence-corrected chi connectivity index (χ2v) is 10.6. The van der Waals surface area contributed by atoms with Gasteiger partial charge in [-0.15, -0.1) is 0 Å². The van der Waals surface area contributed by atoms with Gasteiger partial charge in [-0.2, -0.15) is 0 Å². The van der Waals surface area contributed by atoms with Crippen LogP contribution in [0, 0.1) is 0 Å². The number of fused-ring (bicyclic) bond motifs is 1. The minimum atomic E-state index is -0.703. The topological polar surface area (TPSA) is 62.6 Å². The molecule has 0 bridgehead atoms. The molecule has 0 saturated carbocycles. The first-order chi connectivity index (χ1) is 18.4. The van der Waals surface area contributed by atoms with E-state index in [1.807, 2.05) is 48.5 Å². The zero-order chi connectivity index (χ0) is 26.4. The van der Waals surface area contributed by atoms with E-state index in [-0.39, 0.29) is 29.1 Å². The van der Waals surface area contributed by atoms with E-state index in [2.05, 4.69) is 5.32 Å². The lowest BCUT2D eigenvalue weighted by molar-refractivity contribution is -0.116. The summed E-state index contributed by atoms with van der Waals surface area (Å²) in [7, 11) is 0. The molecular weight excluding hydrogens is 543 g/mol. The Kier molecular flexibility index (Phi) is 6.52. The molecule has 190 valence electrons. The van der Waals surface area contributed by atoms with Gasteiger partial charge >= 0.3 is 0 Å². The summed E-state index contributed by atoms with van der Waals surface area (Å²) in [5.74, 6) is 0.280. The molecule has 0 radical (unpaired) electrons. The molecule has 1 N–H and O–H groups in total. The number of anilines is 2. The summed E-state index contributed by atoms with van der Waals surface area (Å²) in [5.41, 5.74) is 3.78. The smallest absolute Gasteiger partial charge is 0.259 e. The molecule has 0 fully saturated rings. The molecule has 6 rings (SSSR count). The van der Waals surface area contributed by atoms with Crippen molar-refractivity contribution in [2.75, 3.05) is 10.2 Å². The minimum absolute atomic E-state index is 0.0557. The van der Waals surface area contributed by atoms with Crippen LogP contribution in [0.25, 0.3) is 0 Å². The number of furan rings is 1. The van der Waals surface area contributed by atoms with E-state index in [0.717, 1.165) is 22.7 Å². The summed E-state index contributed by atoms with van der Waals surface area (Å²) in [6.07, 6.45) is 2.44. The van der Waals surface area contributed by atoms with Crippen molar-refractivity contribution >= 4 is 57.9 Å². The number of carbonyl (C=O) groups excluding carboxylic acids is 2. The number of para-hydroxylation sites is 2. The molecular formula is C30H21Cl3N2O3. The number of nitrogens with one attached hydrogen (secondary N) is 1.